The van der Waals surface area contributed by atoms with Crippen molar-refractivity contribution in [2.45, 2.75) is 13.0 Å². The molecule has 1 atom stereocenters. The summed E-state index contributed by atoms with van der Waals surface area (Å²) in [5, 5.41) is 5.92. The lowest BCUT2D eigenvalue weighted by Crippen LogP contribution is -2.32. The van der Waals surface area contributed by atoms with Gasteiger partial charge < -0.3 is 15.6 Å². The van der Waals surface area contributed by atoms with E-state index in [2.05, 4.69) is 20.6 Å². The third-order valence-electron chi connectivity index (χ3n) is 3.59. The first-order valence-electron chi connectivity index (χ1n) is 7.23. The first-order valence-corrected chi connectivity index (χ1v) is 7.23. The van der Waals surface area contributed by atoms with E-state index in [0.717, 1.165) is 11.1 Å². The van der Waals surface area contributed by atoms with Crippen molar-refractivity contribution in [1.29, 1.82) is 0 Å². The smallest absolute Gasteiger partial charge is 0.319 e. The molecule has 6 nitrogen and oxygen atoms in total. The number of aromatic nitrogens is 2. The average molecular weight is 308 g/mol. The largest absolute Gasteiger partial charge is 0.359 e. The first-order chi connectivity index (χ1) is 11.1. The molecule has 23 heavy (non-hydrogen) atoms. The number of nitrogens with zero attached hydrogens (tertiary/aromatic N) is 1. The van der Waals surface area contributed by atoms with E-state index >= 15 is 0 Å². The third kappa shape index (κ3) is 3.21. The maximum absolute atomic E-state index is 12.3. The summed E-state index contributed by atoms with van der Waals surface area (Å²) in [5.41, 5.74) is 1.66. The van der Waals surface area contributed by atoms with Gasteiger partial charge >= 0.3 is 6.03 Å². The number of rotatable bonds is 3. The molecule has 0 spiro atoms. The molecule has 2 amide bonds. The van der Waals surface area contributed by atoms with E-state index in [1.54, 1.807) is 24.5 Å². The molecule has 3 N–H and O–H groups in total. The molecule has 0 aliphatic heterocycles. The fourth-order valence-electron chi connectivity index (χ4n) is 2.35. The lowest BCUT2D eigenvalue weighted by atomic mass is 10.1. The number of anilines is 1. The number of aromatic amines is 1. The van der Waals surface area contributed by atoms with E-state index in [4.69, 9.17) is 0 Å². The number of carbonyl (C=O) groups is 1. The van der Waals surface area contributed by atoms with Crippen molar-refractivity contribution in [3.05, 3.63) is 70.8 Å². The Bertz CT molecular complexity index is 890. The number of amides is 2. The van der Waals surface area contributed by atoms with Crippen molar-refractivity contribution >= 4 is 22.6 Å². The van der Waals surface area contributed by atoms with Gasteiger partial charge in [0.1, 0.15) is 5.69 Å². The summed E-state index contributed by atoms with van der Waals surface area (Å²) in [5.74, 6) is 0. The van der Waals surface area contributed by atoms with Gasteiger partial charge in [-0.05, 0) is 36.8 Å². The van der Waals surface area contributed by atoms with Crippen molar-refractivity contribution in [2.24, 2.45) is 0 Å². The van der Waals surface area contributed by atoms with E-state index in [0.29, 0.717) is 5.39 Å². The third-order valence-corrected chi connectivity index (χ3v) is 3.59. The van der Waals surface area contributed by atoms with Crippen molar-refractivity contribution < 1.29 is 4.79 Å². The zero-order valence-corrected chi connectivity index (χ0v) is 12.5. The summed E-state index contributed by atoms with van der Waals surface area (Å²) in [6.07, 6.45) is 4.83. The summed E-state index contributed by atoms with van der Waals surface area (Å²) in [7, 11) is 0. The molecule has 0 unspecified atom stereocenters. The Morgan fingerprint density at radius 1 is 1.17 bits per heavy atom. The van der Waals surface area contributed by atoms with E-state index in [1.807, 2.05) is 31.2 Å². The second-order valence-electron chi connectivity index (χ2n) is 5.18. The number of H-pyrrole nitrogens is 1. The monoisotopic (exact) mass is 308 g/mol. The highest BCUT2D eigenvalue weighted by molar-refractivity contribution is 5.92. The predicted octanol–water partition coefficient (Wildman–Crippen LogP) is 2.81. The van der Waals surface area contributed by atoms with Gasteiger partial charge in [0.25, 0.3) is 0 Å². The zero-order valence-electron chi connectivity index (χ0n) is 12.5. The Balaban J connectivity index is 1.76. The highest BCUT2D eigenvalue weighted by atomic mass is 16.2. The number of para-hydroxylation sites is 1. The van der Waals surface area contributed by atoms with Crippen LogP contribution in [0.2, 0.25) is 0 Å². The van der Waals surface area contributed by atoms with E-state index < -0.39 is 6.03 Å². The standard InChI is InChI=1S/C17H16N4O2/c1-11(12-6-8-18-9-7-12)20-17(23)21-15-10-19-14-5-3-2-4-13(14)16(15)22/h2-11H,1H3,(H,19,22)(H2,20,21,23)/t11-/m0/s1. The number of hydrogen-bond acceptors (Lipinski definition) is 3. The quantitative estimate of drug-likeness (QED) is 0.695. The Morgan fingerprint density at radius 2 is 1.91 bits per heavy atom. The van der Waals surface area contributed by atoms with Crippen molar-refractivity contribution in [3.8, 4) is 0 Å². The Labute approximate surface area is 132 Å². The second kappa shape index (κ2) is 6.31. The maximum Gasteiger partial charge on any atom is 0.319 e. The average Bonchev–Trinajstić information content (AvgIpc) is 2.58. The molecule has 0 saturated heterocycles. The fraction of sp³-hybridized carbons (Fsp3) is 0.118. The van der Waals surface area contributed by atoms with Crippen LogP contribution in [0.4, 0.5) is 10.5 Å². The van der Waals surface area contributed by atoms with Gasteiger partial charge in [0.05, 0.1) is 6.04 Å². The molecule has 2 aromatic heterocycles. The fourth-order valence-corrected chi connectivity index (χ4v) is 2.35. The van der Waals surface area contributed by atoms with Gasteiger partial charge in [-0.2, -0.15) is 0 Å². The van der Waals surface area contributed by atoms with E-state index in [9.17, 15) is 9.59 Å². The zero-order chi connectivity index (χ0) is 16.2. The van der Waals surface area contributed by atoms with Crippen molar-refractivity contribution in [3.63, 3.8) is 0 Å². The minimum Gasteiger partial charge on any atom is -0.359 e. The number of nitrogens with one attached hydrogen (secondary N) is 3. The SMILES string of the molecule is C[C@H](NC(=O)Nc1c[nH]c2ccccc2c1=O)c1ccncc1. The summed E-state index contributed by atoms with van der Waals surface area (Å²) < 4.78 is 0. The number of hydrogen-bond donors (Lipinski definition) is 3. The van der Waals surface area contributed by atoms with Crippen molar-refractivity contribution in [1.82, 2.24) is 15.3 Å². The minimum atomic E-state index is -0.435. The highest BCUT2D eigenvalue weighted by Crippen LogP contribution is 2.12. The van der Waals surface area contributed by atoms with Crippen LogP contribution in [0.15, 0.2) is 59.8 Å². The molecule has 0 fully saturated rings. The summed E-state index contributed by atoms with van der Waals surface area (Å²) in [6, 6.07) is 10.2. The van der Waals surface area contributed by atoms with Crippen LogP contribution >= 0.6 is 0 Å². The van der Waals surface area contributed by atoms with Gasteiger partial charge in [0.2, 0.25) is 5.43 Å². The minimum absolute atomic E-state index is 0.197. The topological polar surface area (TPSA) is 86.9 Å². The molecule has 0 aliphatic rings. The summed E-state index contributed by atoms with van der Waals surface area (Å²) >= 11 is 0. The lowest BCUT2D eigenvalue weighted by molar-refractivity contribution is 0.249. The molecule has 0 aliphatic carbocycles. The number of benzene rings is 1. The molecule has 6 heteroatoms. The molecule has 3 aromatic rings. The summed E-state index contributed by atoms with van der Waals surface area (Å²) in [6.45, 7) is 1.86. The molecular formula is C17H16N4O2. The number of carbonyl (C=O) groups excluding carboxylic acids is 1. The van der Waals surface area contributed by atoms with Crippen LogP contribution < -0.4 is 16.1 Å². The Hall–Kier alpha value is -3.15. The van der Waals surface area contributed by atoms with Crippen LogP contribution in [0.25, 0.3) is 10.9 Å². The molecular weight excluding hydrogens is 292 g/mol. The molecule has 0 bridgehead atoms. The highest BCUT2D eigenvalue weighted by Gasteiger charge is 2.11. The van der Waals surface area contributed by atoms with Crippen molar-refractivity contribution in [2.75, 3.05) is 5.32 Å². The number of pyridine rings is 2. The van der Waals surface area contributed by atoms with Crippen LogP contribution in [0, 0.1) is 0 Å². The van der Waals surface area contributed by atoms with E-state index in [1.165, 1.54) is 6.20 Å². The second-order valence-corrected chi connectivity index (χ2v) is 5.18. The van der Waals surface area contributed by atoms with Gasteiger partial charge in [-0.1, -0.05) is 12.1 Å². The van der Waals surface area contributed by atoms with E-state index in [-0.39, 0.29) is 17.2 Å². The number of urea groups is 1. The van der Waals surface area contributed by atoms with Gasteiger partial charge in [-0.3, -0.25) is 9.78 Å². The first kappa shape index (κ1) is 14.8. The summed E-state index contributed by atoms with van der Waals surface area (Å²) in [4.78, 5) is 31.4. The maximum atomic E-state index is 12.3. The molecule has 0 saturated carbocycles. The lowest BCUT2D eigenvalue weighted by Gasteiger charge is -2.14. The van der Waals surface area contributed by atoms with Crippen LogP contribution in [0.5, 0.6) is 0 Å². The molecule has 1 aromatic carbocycles. The van der Waals surface area contributed by atoms with Gasteiger partial charge in [-0.15, -0.1) is 0 Å². The van der Waals surface area contributed by atoms with Crippen LogP contribution in [0.3, 0.4) is 0 Å². The van der Waals surface area contributed by atoms with Crippen LogP contribution in [-0.4, -0.2) is 16.0 Å². The normalized spacial score (nSPS) is 11.9. The van der Waals surface area contributed by atoms with Crippen LogP contribution in [-0.2, 0) is 0 Å². The molecule has 116 valence electrons. The van der Waals surface area contributed by atoms with Crippen LogP contribution in [0.1, 0.15) is 18.5 Å². The van der Waals surface area contributed by atoms with Gasteiger partial charge in [0.15, 0.2) is 0 Å². The number of fused-ring (bicyclic) bond motifs is 1. The Kier molecular flexibility index (Phi) is 4.05. The Morgan fingerprint density at radius 3 is 2.70 bits per heavy atom. The van der Waals surface area contributed by atoms with Gasteiger partial charge in [-0.25, -0.2) is 4.79 Å². The molecule has 2 heterocycles. The molecule has 3 rings (SSSR count). The predicted molar refractivity (Wildman–Crippen MR) is 89.4 cm³/mol. The molecule has 0 radical (unpaired) electrons. The van der Waals surface area contributed by atoms with Gasteiger partial charge in [0, 0.05) is 29.5 Å².